The predicted octanol–water partition coefficient (Wildman–Crippen LogP) is 6.97. The van der Waals surface area contributed by atoms with Crippen molar-refractivity contribution < 1.29 is 27.0 Å². The molecule has 0 aliphatic carbocycles. The molecule has 1 aliphatic heterocycles. The summed E-state index contributed by atoms with van der Waals surface area (Å²) in [5.41, 5.74) is 0.182. The van der Waals surface area contributed by atoms with Crippen LogP contribution in [0.4, 0.5) is 17.6 Å². The van der Waals surface area contributed by atoms with Crippen molar-refractivity contribution in [2.24, 2.45) is 0 Å². The van der Waals surface area contributed by atoms with E-state index < -0.39 is 40.4 Å². The Morgan fingerprint density at radius 1 is 1.14 bits per heavy atom. The summed E-state index contributed by atoms with van der Waals surface area (Å²) >= 11 is 0. The Bertz CT molecular complexity index is 968. The first-order valence-corrected chi connectivity index (χ1v) is 8.95. The topological polar surface area (TPSA) is 18.5 Å². The quantitative estimate of drug-likeness (QED) is 0.360. The molecule has 29 heavy (non-hydrogen) atoms. The van der Waals surface area contributed by atoms with Crippen molar-refractivity contribution in [3.8, 4) is 11.5 Å². The van der Waals surface area contributed by atoms with E-state index in [2.05, 4.69) is 26.3 Å². The van der Waals surface area contributed by atoms with E-state index in [0.717, 1.165) is 6.08 Å². The van der Waals surface area contributed by atoms with E-state index in [4.69, 9.17) is 9.47 Å². The maximum Gasteiger partial charge on any atom is 0.205 e. The largest absolute Gasteiger partial charge is 0.491 e. The minimum absolute atomic E-state index is 0.0138. The Balaban J connectivity index is 2.43. The molecule has 1 heterocycles. The average molecular weight is 406 g/mol. The second kappa shape index (κ2) is 8.99. The third-order valence-corrected chi connectivity index (χ3v) is 4.34. The molecule has 0 bridgehead atoms. The lowest BCUT2D eigenvalue weighted by Gasteiger charge is -2.24. The molecular weight excluding hydrogens is 384 g/mol. The van der Waals surface area contributed by atoms with Gasteiger partial charge in [0.05, 0.1) is 6.61 Å². The molecular formula is C23H22F4O2. The molecule has 154 valence electrons. The normalized spacial score (nSPS) is 15.4. The minimum atomic E-state index is -1.31. The molecule has 0 unspecified atom stereocenters. The van der Waals surface area contributed by atoms with Gasteiger partial charge in [-0.15, -0.1) is 0 Å². The van der Waals surface area contributed by atoms with Gasteiger partial charge in [0.25, 0.3) is 0 Å². The van der Waals surface area contributed by atoms with Gasteiger partial charge in [0.1, 0.15) is 5.83 Å². The summed E-state index contributed by atoms with van der Waals surface area (Å²) in [5.74, 6) is -5.62. The smallest absolute Gasteiger partial charge is 0.205 e. The van der Waals surface area contributed by atoms with E-state index in [-0.39, 0.29) is 35.5 Å². The monoisotopic (exact) mass is 406 g/mol. The van der Waals surface area contributed by atoms with E-state index in [1.165, 1.54) is 6.07 Å². The summed E-state index contributed by atoms with van der Waals surface area (Å²) in [6.07, 6.45) is 1.61. The van der Waals surface area contributed by atoms with Crippen molar-refractivity contribution in [2.45, 2.75) is 26.7 Å². The van der Waals surface area contributed by atoms with Crippen molar-refractivity contribution >= 4 is 0 Å². The highest BCUT2D eigenvalue weighted by Gasteiger charge is 2.30. The number of allylic oxidation sites excluding steroid dienone is 7. The van der Waals surface area contributed by atoms with Gasteiger partial charge < -0.3 is 9.47 Å². The highest BCUT2D eigenvalue weighted by atomic mass is 19.2. The standard InChI is InChI=1S/C23H22F4O2/c1-7-12(3)9-17(24)14(5)15(6)19(25)22-13(4)10-16-11-18(28-8-2)20(26)21(27)23(16)29-22/h9,11H,3-8,10H2,1-2H3/b17-9+,22-19-. The molecule has 1 aliphatic rings. The Morgan fingerprint density at radius 2 is 1.79 bits per heavy atom. The first kappa shape index (κ1) is 22.3. The third-order valence-electron chi connectivity index (χ3n) is 4.34. The fourth-order valence-corrected chi connectivity index (χ4v) is 2.60. The fraction of sp³-hybridized carbons (Fsp3) is 0.217. The SMILES string of the molecule is C=C(/C=C(/F)C(=C)C(=C)/C(F)=C1/Oc2c(cc(OCC)c(F)c2F)CC1=C)CC. The average Bonchev–Trinajstić information content (AvgIpc) is 2.69. The Kier molecular flexibility index (Phi) is 6.90. The zero-order chi connectivity index (χ0) is 21.9. The predicted molar refractivity (Wildman–Crippen MR) is 106 cm³/mol. The van der Waals surface area contributed by atoms with Crippen molar-refractivity contribution in [1.29, 1.82) is 0 Å². The summed E-state index contributed by atoms with van der Waals surface area (Å²) < 4.78 is 68.1. The highest BCUT2D eigenvalue weighted by Crippen LogP contribution is 2.41. The van der Waals surface area contributed by atoms with Crippen LogP contribution in [0.1, 0.15) is 25.8 Å². The second-order valence-corrected chi connectivity index (χ2v) is 6.41. The van der Waals surface area contributed by atoms with Crippen LogP contribution in [0.25, 0.3) is 0 Å². The summed E-state index contributed by atoms with van der Waals surface area (Å²) in [6, 6.07) is 1.28. The lowest BCUT2D eigenvalue weighted by atomic mass is 9.97. The van der Waals surface area contributed by atoms with Crippen LogP contribution in [-0.2, 0) is 6.42 Å². The van der Waals surface area contributed by atoms with Gasteiger partial charge >= 0.3 is 0 Å². The van der Waals surface area contributed by atoms with E-state index in [0.29, 0.717) is 12.0 Å². The summed E-state index contributed by atoms with van der Waals surface area (Å²) in [6.45, 7) is 17.9. The van der Waals surface area contributed by atoms with Crippen LogP contribution in [0.2, 0.25) is 0 Å². The van der Waals surface area contributed by atoms with Gasteiger partial charge in [0, 0.05) is 23.1 Å². The summed E-state index contributed by atoms with van der Waals surface area (Å²) in [4.78, 5) is 0. The maximum atomic E-state index is 15.0. The van der Waals surface area contributed by atoms with Gasteiger partial charge in [-0.1, -0.05) is 38.8 Å². The minimum Gasteiger partial charge on any atom is -0.491 e. The first-order valence-electron chi connectivity index (χ1n) is 8.95. The summed E-state index contributed by atoms with van der Waals surface area (Å²) in [5, 5.41) is 0. The molecule has 0 saturated heterocycles. The lowest BCUT2D eigenvalue weighted by molar-refractivity contribution is 0.302. The molecule has 0 amide bonds. The molecule has 2 nitrogen and oxygen atoms in total. The van der Waals surface area contributed by atoms with Crippen LogP contribution in [0.5, 0.6) is 11.5 Å². The maximum absolute atomic E-state index is 15.0. The molecule has 0 N–H and O–H groups in total. The van der Waals surface area contributed by atoms with E-state index in [9.17, 15) is 17.6 Å². The number of fused-ring (bicyclic) bond motifs is 1. The zero-order valence-corrected chi connectivity index (χ0v) is 16.4. The molecule has 2 rings (SSSR count). The van der Waals surface area contributed by atoms with E-state index in [1.807, 2.05) is 0 Å². The zero-order valence-electron chi connectivity index (χ0n) is 16.4. The van der Waals surface area contributed by atoms with Crippen LogP contribution in [0.15, 0.2) is 78.2 Å². The Morgan fingerprint density at radius 3 is 2.38 bits per heavy atom. The van der Waals surface area contributed by atoms with Gasteiger partial charge in [-0.2, -0.15) is 8.78 Å². The number of halogens is 4. The number of rotatable bonds is 7. The van der Waals surface area contributed by atoms with Crippen LogP contribution < -0.4 is 9.47 Å². The lowest BCUT2D eigenvalue weighted by Crippen LogP contribution is -2.15. The second-order valence-electron chi connectivity index (χ2n) is 6.41. The summed E-state index contributed by atoms with van der Waals surface area (Å²) in [7, 11) is 0. The molecule has 1 aromatic carbocycles. The van der Waals surface area contributed by atoms with E-state index in [1.54, 1.807) is 13.8 Å². The molecule has 0 atom stereocenters. The van der Waals surface area contributed by atoms with Crippen LogP contribution in [-0.4, -0.2) is 6.61 Å². The highest BCUT2D eigenvalue weighted by molar-refractivity contribution is 5.57. The number of hydrogen-bond donors (Lipinski definition) is 0. The van der Waals surface area contributed by atoms with Crippen molar-refractivity contribution in [2.75, 3.05) is 6.61 Å². The Labute approximate surface area is 167 Å². The van der Waals surface area contributed by atoms with Gasteiger partial charge in [0.2, 0.25) is 11.6 Å². The molecule has 1 aromatic rings. The van der Waals surface area contributed by atoms with Gasteiger partial charge in [0.15, 0.2) is 23.1 Å². The molecule has 0 radical (unpaired) electrons. The van der Waals surface area contributed by atoms with Crippen LogP contribution in [0, 0.1) is 11.6 Å². The van der Waals surface area contributed by atoms with Crippen molar-refractivity contribution in [3.63, 3.8) is 0 Å². The van der Waals surface area contributed by atoms with Crippen molar-refractivity contribution in [3.05, 3.63) is 95.4 Å². The van der Waals surface area contributed by atoms with Gasteiger partial charge in [-0.25, -0.2) is 8.78 Å². The van der Waals surface area contributed by atoms with Crippen LogP contribution in [0.3, 0.4) is 0 Å². The van der Waals surface area contributed by atoms with Gasteiger partial charge in [-0.05, 0) is 31.1 Å². The molecule has 0 aromatic heterocycles. The fourth-order valence-electron chi connectivity index (χ4n) is 2.60. The first-order chi connectivity index (χ1) is 13.6. The third kappa shape index (κ3) is 4.53. The molecule has 0 spiro atoms. The van der Waals surface area contributed by atoms with Crippen molar-refractivity contribution in [1.82, 2.24) is 0 Å². The van der Waals surface area contributed by atoms with Crippen LogP contribution >= 0.6 is 0 Å². The van der Waals surface area contributed by atoms with Gasteiger partial charge in [-0.3, -0.25) is 0 Å². The Hall–Kier alpha value is -3.02. The molecule has 0 saturated carbocycles. The number of benzene rings is 1. The number of ether oxygens (including phenoxy) is 2. The molecule has 6 heteroatoms. The number of hydrogen-bond acceptors (Lipinski definition) is 2. The van der Waals surface area contributed by atoms with E-state index >= 15 is 0 Å². The molecule has 0 fully saturated rings.